The summed E-state index contributed by atoms with van der Waals surface area (Å²) in [5.74, 6) is -1.31. The average molecular weight is 306 g/mol. The van der Waals surface area contributed by atoms with E-state index in [2.05, 4.69) is 0 Å². The Balaban J connectivity index is 1.92. The third kappa shape index (κ3) is 2.98. The Morgan fingerprint density at radius 2 is 1.80 bits per heavy atom. The van der Waals surface area contributed by atoms with Crippen molar-refractivity contribution < 1.29 is 23.4 Å². The monoisotopic (exact) mass is 306 g/mol. The molecule has 0 aromatic carbocycles. The molecular formula is C12H22N2O5S. The number of aliphatic carboxylic acids is 1. The van der Waals surface area contributed by atoms with E-state index in [0.29, 0.717) is 19.3 Å². The number of hydrogen-bond donors (Lipinski definition) is 2. The van der Waals surface area contributed by atoms with Gasteiger partial charge in [-0.25, -0.2) is 0 Å². The van der Waals surface area contributed by atoms with Crippen LogP contribution < -0.4 is 0 Å². The van der Waals surface area contributed by atoms with Crippen LogP contribution >= 0.6 is 0 Å². The van der Waals surface area contributed by atoms with Gasteiger partial charge < -0.3 is 10.2 Å². The summed E-state index contributed by atoms with van der Waals surface area (Å²) in [6.45, 7) is 2.71. The topological polar surface area (TPSA) is 98.2 Å². The van der Waals surface area contributed by atoms with Crippen molar-refractivity contribution in [2.45, 2.75) is 38.2 Å². The number of hydrogen-bond acceptors (Lipinski definition) is 4. The van der Waals surface area contributed by atoms with Gasteiger partial charge in [0.2, 0.25) is 0 Å². The maximum atomic E-state index is 12.3. The van der Waals surface area contributed by atoms with Crippen LogP contribution in [0.2, 0.25) is 0 Å². The number of β-amino-alcohol motifs (C(OH)–C–C–N with tert-alkyl or cyclic N) is 1. The molecule has 0 aliphatic carbocycles. The van der Waals surface area contributed by atoms with Crippen LogP contribution in [0.1, 0.15) is 32.6 Å². The van der Waals surface area contributed by atoms with E-state index in [9.17, 15) is 18.3 Å². The highest BCUT2D eigenvalue weighted by molar-refractivity contribution is 7.86. The van der Waals surface area contributed by atoms with Crippen molar-refractivity contribution in [2.24, 2.45) is 5.92 Å². The van der Waals surface area contributed by atoms with Gasteiger partial charge in [0, 0.05) is 26.2 Å². The van der Waals surface area contributed by atoms with Gasteiger partial charge in [-0.2, -0.15) is 17.0 Å². The van der Waals surface area contributed by atoms with Gasteiger partial charge in [0.15, 0.2) is 0 Å². The molecule has 8 heteroatoms. The molecule has 116 valence electrons. The summed E-state index contributed by atoms with van der Waals surface area (Å²) in [5.41, 5.74) is -0.888. The molecular weight excluding hydrogens is 284 g/mol. The summed E-state index contributed by atoms with van der Waals surface area (Å²) in [6.07, 6.45) is 2.11. The summed E-state index contributed by atoms with van der Waals surface area (Å²) >= 11 is 0. The Kier molecular flexibility index (Phi) is 4.38. The normalized spacial score (nSPS) is 25.3. The predicted octanol–water partition coefficient (Wildman–Crippen LogP) is -0.125. The first-order valence-corrected chi connectivity index (χ1v) is 8.38. The number of carboxylic acid groups (broad SMARTS) is 1. The van der Waals surface area contributed by atoms with Gasteiger partial charge in [-0.1, -0.05) is 13.3 Å². The van der Waals surface area contributed by atoms with Crippen LogP contribution in [-0.2, 0) is 15.0 Å². The number of carbonyl (C=O) groups is 1. The lowest BCUT2D eigenvalue weighted by Crippen LogP contribution is -2.66. The van der Waals surface area contributed by atoms with E-state index in [1.165, 1.54) is 8.61 Å². The molecule has 0 bridgehead atoms. The summed E-state index contributed by atoms with van der Waals surface area (Å²) in [4.78, 5) is 10.9. The number of aliphatic hydroxyl groups is 1. The Bertz CT molecular complexity index is 464. The first kappa shape index (κ1) is 15.7. The van der Waals surface area contributed by atoms with E-state index in [1.807, 2.05) is 6.92 Å². The molecule has 20 heavy (non-hydrogen) atoms. The maximum absolute atomic E-state index is 12.3. The average Bonchev–Trinajstić information content (AvgIpc) is 2.36. The molecule has 2 saturated heterocycles. The second-order valence-electron chi connectivity index (χ2n) is 5.76. The van der Waals surface area contributed by atoms with E-state index in [4.69, 9.17) is 5.11 Å². The van der Waals surface area contributed by atoms with Crippen LogP contribution in [-0.4, -0.2) is 65.0 Å². The number of piperidine rings is 1. The van der Waals surface area contributed by atoms with Crippen molar-refractivity contribution >= 4 is 16.2 Å². The van der Waals surface area contributed by atoms with E-state index < -0.39 is 27.7 Å². The molecule has 2 aliphatic rings. The van der Waals surface area contributed by atoms with Crippen molar-refractivity contribution in [1.29, 1.82) is 0 Å². The molecule has 0 atom stereocenters. The molecule has 0 radical (unpaired) electrons. The third-order valence-corrected chi connectivity index (χ3v) is 6.04. The van der Waals surface area contributed by atoms with Gasteiger partial charge >= 0.3 is 5.97 Å². The van der Waals surface area contributed by atoms with Gasteiger partial charge in [0.05, 0.1) is 11.5 Å². The van der Waals surface area contributed by atoms with Crippen LogP contribution in [0.15, 0.2) is 0 Å². The number of rotatable bonds is 5. The molecule has 0 aromatic rings. The Hall–Kier alpha value is -0.700. The van der Waals surface area contributed by atoms with Crippen molar-refractivity contribution in [3.8, 4) is 0 Å². The first-order chi connectivity index (χ1) is 9.28. The van der Waals surface area contributed by atoms with E-state index in [0.717, 1.165) is 6.42 Å². The van der Waals surface area contributed by atoms with Crippen LogP contribution in [0.25, 0.3) is 0 Å². The zero-order valence-corrected chi connectivity index (χ0v) is 12.5. The van der Waals surface area contributed by atoms with Gasteiger partial charge in [-0.15, -0.1) is 0 Å². The second-order valence-corrected chi connectivity index (χ2v) is 7.69. The van der Waals surface area contributed by atoms with Gasteiger partial charge in [-0.05, 0) is 19.3 Å². The van der Waals surface area contributed by atoms with Gasteiger partial charge in [-0.3, -0.25) is 4.79 Å². The highest BCUT2D eigenvalue weighted by atomic mass is 32.2. The Morgan fingerprint density at radius 1 is 1.25 bits per heavy atom. The zero-order chi connectivity index (χ0) is 15.0. The molecule has 0 saturated carbocycles. The van der Waals surface area contributed by atoms with E-state index in [-0.39, 0.29) is 26.2 Å². The zero-order valence-electron chi connectivity index (χ0n) is 11.7. The SMILES string of the molecule is CCCC1(O)CN(S(=O)(=O)N2CCC(C(=O)O)CC2)C1. The van der Waals surface area contributed by atoms with E-state index in [1.54, 1.807) is 0 Å². The molecule has 7 nitrogen and oxygen atoms in total. The van der Waals surface area contributed by atoms with Gasteiger partial charge in [0.1, 0.15) is 0 Å². The van der Waals surface area contributed by atoms with Crippen molar-refractivity contribution in [3.63, 3.8) is 0 Å². The molecule has 2 aliphatic heterocycles. The molecule has 2 rings (SSSR count). The summed E-state index contributed by atoms with van der Waals surface area (Å²) in [5, 5.41) is 19.0. The molecule has 2 fully saturated rings. The predicted molar refractivity (Wildman–Crippen MR) is 72.3 cm³/mol. The smallest absolute Gasteiger partial charge is 0.306 e. The molecule has 0 aromatic heterocycles. The highest BCUT2D eigenvalue weighted by Crippen LogP contribution is 2.31. The van der Waals surface area contributed by atoms with Crippen LogP contribution in [0.4, 0.5) is 0 Å². The largest absolute Gasteiger partial charge is 0.481 e. The fourth-order valence-corrected chi connectivity index (χ4v) is 4.70. The molecule has 0 spiro atoms. The fraction of sp³-hybridized carbons (Fsp3) is 0.917. The van der Waals surface area contributed by atoms with Crippen LogP contribution in [0.5, 0.6) is 0 Å². The number of carboxylic acids is 1. The lowest BCUT2D eigenvalue weighted by molar-refractivity contribution is -0.143. The van der Waals surface area contributed by atoms with E-state index >= 15 is 0 Å². The summed E-state index contributed by atoms with van der Waals surface area (Å²) in [7, 11) is -3.55. The fourth-order valence-electron chi connectivity index (χ4n) is 2.89. The van der Waals surface area contributed by atoms with Crippen molar-refractivity contribution in [3.05, 3.63) is 0 Å². The molecule has 2 N–H and O–H groups in total. The third-order valence-electron chi connectivity index (χ3n) is 4.11. The molecule has 0 amide bonds. The van der Waals surface area contributed by atoms with Crippen LogP contribution in [0, 0.1) is 5.92 Å². The minimum Gasteiger partial charge on any atom is -0.481 e. The molecule has 0 unspecified atom stereocenters. The maximum Gasteiger partial charge on any atom is 0.306 e. The highest BCUT2D eigenvalue weighted by Gasteiger charge is 2.48. The molecule has 2 heterocycles. The minimum atomic E-state index is -3.55. The first-order valence-electron chi connectivity index (χ1n) is 6.99. The quantitative estimate of drug-likeness (QED) is 0.737. The summed E-state index contributed by atoms with van der Waals surface area (Å²) in [6, 6.07) is 0. The van der Waals surface area contributed by atoms with Crippen molar-refractivity contribution in [1.82, 2.24) is 8.61 Å². The Morgan fingerprint density at radius 3 is 2.25 bits per heavy atom. The number of nitrogens with zero attached hydrogens (tertiary/aromatic N) is 2. The van der Waals surface area contributed by atoms with Crippen LogP contribution in [0.3, 0.4) is 0 Å². The Labute approximate surface area is 119 Å². The lowest BCUT2D eigenvalue weighted by atomic mass is 9.92. The van der Waals surface area contributed by atoms with Crippen molar-refractivity contribution in [2.75, 3.05) is 26.2 Å². The summed E-state index contributed by atoms with van der Waals surface area (Å²) < 4.78 is 27.3. The minimum absolute atomic E-state index is 0.141. The van der Waals surface area contributed by atoms with Gasteiger partial charge in [0.25, 0.3) is 10.2 Å². The lowest BCUT2D eigenvalue weighted by Gasteiger charge is -2.47. The standard InChI is InChI=1S/C12H22N2O5S/c1-2-5-12(17)8-14(9-12)20(18,19)13-6-3-10(4-7-13)11(15)16/h10,17H,2-9H2,1H3,(H,15,16). The second kappa shape index (κ2) is 5.59.